The SMILES string of the molecule is Cc1ccc(Nc2ccc(C(=O)Nc3ccccc3OC(C)C)cn2)cc1. The molecule has 0 aliphatic rings. The average Bonchev–Trinajstić information content (AvgIpc) is 2.65. The number of aromatic nitrogens is 1. The molecule has 1 heterocycles. The molecule has 138 valence electrons. The molecule has 0 saturated carbocycles. The summed E-state index contributed by atoms with van der Waals surface area (Å²) in [6.45, 7) is 5.93. The van der Waals surface area contributed by atoms with Crippen molar-refractivity contribution >= 4 is 23.1 Å². The molecule has 5 nitrogen and oxygen atoms in total. The van der Waals surface area contributed by atoms with Crippen molar-refractivity contribution in [1.82, 2.24) is 4.98 Å². The van der Waals surface area contributed by atoms with Gasteiger partial charge >= 0.3 is 0 Å². The first-order valence-electron chi connectivity index (χ1n) is 8.88. The van der Waals surface area contributed by atoms with Crippen molar-refractivity contribution in [3.8, 4) is 5.75 Å². The van der Waals surface area contributed by atoms with Gasteiger partial charge in [-0.05, 0) is 57.2 Å². The van der Waals surface area contributed by atoms with E-state index < -0.39 is 0 Å². The molecule has 0 fully saturated rings. The quantitative estimate of drug-likeness (QED) is 0.635. The first-order chi connectivity index (χ1) is 13.0. The molecule has 2 N–H and O–H groups in total. The second-order valence-electron chi connectivity index (χ2n) is 6.54. The van der Waals surface area contributed by atoms with Gasteiger partial charge in [-0.1, -0.05) is 29.8 Å². The van der Waals surface area contributed by atoms with E-state index in [0.717, 1.165) is 5.69 Å². The number of ether oxygens (including phenoxy) is 1. The van der Waals surface area contributed by atoms with E-state index in [1.165, 1.54) is 5.56 Å². The third kappa shape index (κ3) is 5.07. The second-order valence-corrected chi connectivity index (χ2v) is 6.54. The zero-order valence-corrected chi connectivity index (χ0v) is 15.7. The molecule has 0 aliphatic heterocycles. The number of rotatable bonds is 6. The van der Waals surface area contributed by atoms with Gasteiger partial charge < -0.3 is 15.4 Å². The van der Waals surface area contributed by atoms with Crippen molar-refractivity contribution in [1.29, 1.82) is 0 Å². The number of anilines is 3. The van der Waals surface area contributed by atoms with Crippen LogP contribution in [0.4, 0.5) is 17.2 Å². The molecular weight excluding hydrogens is 338 g/mol. The Hall–Kier alpha value is -3.34. The van der Waals surface area contributed by atoms with Crippen LogP contribution in [0.3, 0.4) is 0 Å². The minimum atomic E-state index is -0.232. The maximum Gasteiger partial charge on any atom is 0.257 e. The maximum absolute atomic E-state index is 12.5. The van der Waals surface area contributed by atoms with Gasteiger partial charge in [0, 0.05) is 11.9 Å². The third-order valence-corrected chi connectivity index (χ3v) is 3.85. The molecule has 0 radical (unpaired) electrons. The molecule has 27 heavy (non-hydrogen) atoms. The number of nitrogens with one attached hydrogen (secondary N) is 2. The van der Waals surface area contributed by atoms with Crippen molar-refractivity contribution in [2.45, 2.75) is 26.9 Å². The fourth-order valence-electron chi connectivity index (χ4n) is 2.51. The smallest absolute Gasteiger partial charge is 0.257 e. The molecule has 0 unspecified atom stereocenters. The number of carbonyl (C=O) groups excluding carboxylic acids is 1. The molecule has 2 aromatic carbocycles. The predicted molar refractivity (Wildman–Crippen MR) is 109 cm³/mol. The third-order valence-electron chi connectivity index (χ3n) is 3.85. The number of hydrogen-bond donors (Lipinski definition) is 2. The Balaban J connectivity index is 1.68. The van der Waals surface area contributed by atoms with Crippen LogP contribution in [-0.4, -0.2) is 17.0 Å². The number of benzene rings is 2. The molecule has 0 bridgehead atoms. The van der Waals surface area contributed by atoms with Crippen LogP contribution in [0.2, 0.25) is 0 Å². The highest BCUT2D eigenvalue weighted by atomic mass is 16.5. The predicted octanol–water partition coefficient (Wildman–Crippen LogP) is 5.17. The largest absolute Gasteiger partial charge is 0.489 e. The summed E-state index contributed by atoms with van der Waals surface area (Å²) < 4.78 is 5.74. The number of hydrogen-bond acceptors (Lipinski definition) is 4. The lowest BCUT2D eigenvalue weighted by molar-refractivity contribution is 0.102. The van der Waals surface area contributed by atoms with E-state index in [4.69, 9.17) is 4.74 Å². The van der Waals surface area contributed by atoms with Crippen molar-refractivity contribution in [3.05, 3.63) is 78.0 Å². The van der Waals surface area contributed by atoms with E-state index >= 15 is 0 Å². The summed E-state index contributed by atoms with van der Waals surface area (Å²) in [5.74, 6) is 1.09. The summed E-state index contributed by atoms with van der Waals surface area (Å²) in [6, 6.07) is 18.9. The molecule has 1 aromatic heterocycles. The monoisotopic (exact) mass is 361 g/mol. The van der Waals surface area contributed by atoms with Gasteiger partial charge in [-0.3, -0.25) is 4.79 Å². The van der Waals surface area contributed by atoms with Crippen LogP contribution < -0.4 is 15.4 Å². The lowest BCUT2D eigenvalue weighted by atomic mass is 10.2. The molecule has 3 aromatic rings. The van der Waals surface area contributed by atoms with Crippen LogP contribution in [0.25, 0.3) is 0 Å². The van der Waals surface area contributed by atoms with Crippen molar-refractivity contribution in [2.24, 2.45) is 0 Å². The topological polar surface area (TPSA) is 63.2 Å². The lowest BCUT2D eigenvalue weighted by Crippen LogP contribution is -2.14. The van der Waals surface area contributed by atoms with Gasteiger partial charge in [0.2, 0.25) is 0 Å². The van der Waals surface area contributed by atoms with E-state index in [2.05, 4.69) is 15.6 Å². The summed E-state index contributed by atoms with van der Waals surface area (Å²) in [6.07, 6.45) is 1.58. The summed E-state index contributed by atoms with van der Waals surface area (Å²) >= 11 is 0. The van der Waals surface area contributed by atoms with Crippen LogP contribution in [0.15, 0.2) is 66.9 Å². The van der Waals surface area contributed by atoms with Gasteiger partial charge in [0.25, 0.3) is 5.91 Å². The molecular formula is C22H23N3O2. The van der Waals surface area contributed by atoms with Crippen molar-refractivity contribution in [3.63, 3.8) is 0 Å². The zero-order valence-electron chi connectivity index (χ0n) is 15.7. The fourth-order valence-corrected chi connectivity index (χ4v) is 2.51. The van der Waals surface area contributed by atoms with Gasteiger partial charge in [0.1, 0.15) is 11.6 Å². The molecule has 5 heteroatoms. The summed E-state index contributed by atoms with van der Waals surface area (Å²) in [5.41, 5.74) is 3.26. The van der Waals surface area contributed by atoms with Gasteiger partial charge in [-0.2, -0.15) is 0 Å². The number of nitrogens with zero attached hydrogens (tertiary/aromatic N) is 1. The van der Waals surface area contributed by atoms with E-state index in [-0.39, 0.29) is 12.0 Å². The van der Waals surface area contributed by atoms with Gasteiger partial charge in [-0.25, -0.2) is 4.98 Å². The minimum absolute atomic E-state index is 0.0249. The van der Waals surface area contributed by atoms with Crippen molar-refractivity contribution in [2.75, 3.05) is 10.6 Å². The highest BCUT2D eigenvalue weighted by Gasteiger charge is 2.11. The minimum Gasteiger partial charge on any atom is -0.489 e. The lowest BCUT2D eigenvalue weighted by Gasteiger charge is -2.14. The molecule has 0 aliphatic carbocycles. The highest BCUT2D eigenvalue weighted by Crippen LogP contribution is 2.25. The Kier molecular flexibility index (Phi) is 5.71. The highest BCUT2D eigenvalue weighted by molar-refractivity contribution is 6.04. The number of aryl methyl sites for hydroxylation is 1. The first-order valence-corrected chi connectivity index (χ1v) is 8.88. The second kappa shape index (κ2) is 8.36. The van der Waals surface area contributed by atoms with Crippen LogP contribution in [0, 0.1) is 6.92 Å². The number of amides is 1. The number of para-hydroxylation sites is 2. The number of carbonyl (C=O) groups is 1. The standard InChI is InChI=1S/C22H23N3O2/c1-15(2)27-20-7-5-4-6-19(20)25-22(26)17-10-13-21(23-14-17)24-18-11-8-16(3)9-12-18/h4-15H,1-3H3,(H,23,24)(H,25,26). The Morgan fingerprint density at radius 3 is 2.41 bits per heavy atom. The number of pyridine rings is 1. The summed E-state index contributed by atoms with van der Waals surface area (Å²) in [5, 5.41) is 6.10. The zero-order chi connectivity index (χ0) is 19.2. The summed E-state index contributed by atoms with van der Waals surface area (Å²) in [7, 11) is 0. The van der Waals surface area contributed by atoms with Crippen LogP contribution in [-0.2, 0) is 0 Å². The van der Waals surface area contributed by atoms with Crippen molar-refractivity contribution < 1.29 is 9.53 Å². The molecule has 1 amide bonds. The Bertz CT molecular complexity index is 904. The van der Waals surface area contributed by atoms with Gasteiger partial charge in [-0.15, -0.1) is 0 Å². The maximum atomic E-state index is 12.5. The van der Waals surface area contributed by atoms with Crippen LogP contribution in [0.5, 0.6) is 5.75 Å². The van der Waals surface area contributed by atoms with Crippen LogP contribution in [0.1, 0.15) is 29.8 Å². The van der Waals surface area contributed by atoms with Gasteiger partial charge in [0.05, 0.1) is 17.4 Å². The van der Waals surface area contributed by atoms with Gasteiger partial charge in [0.15, 0.2) is 0 Å². The molecule has 0 saturated heterocycles. The average molecular weight is 361 g/mol. The normalized spacial score (nSPS) is 10.5. The van der Waals surface area contributed by atoms with E-state index in [1.807, 2.05) is 69.3 Å². The Labute approximate surface area is 159 Å². The summed E-state index contributed by atoms with van der Waals surface area (Å²) in [4.78, 5) is 16.9. The Morgan fingerprint density at radius 1 is 1.00 bits per heavy atom. The van der Waals surface area contributed by atoms with E-state index in [0.29, 0.717) is 22.8 Å². The fraction of sp³-hybridized carbons (Fsp3) is 0.182. The molecule has 0 spiro atoms. The Morgan fingerprint density at radius 2 is 1.74 bits per heavy atom. The van der Waals surface area contributed by atoms with E-state index in [9.17, 15) is 4.79 Å². The first kappa shape index (κ1) is 18.5. The molecule has 3 rings (SSSR count). The molecule has 0 atom stereocenters. The van der Waals surface area contributed by atoms with E-state index in [1.54, 1.807) is 18.3 Å². The van der Waals surface area contributed by atoms with Crippen LogP contribution >= 0.6 is 0 Å².